The predicted octanol–water partition coefficient (Wildman–Crippen LogP) is 2.63. The number of ether oxygens (including phenoxy) is 1. The van der Waals surface area contributed by atoms with Gasteiger partial charge in [0.1, 0.15) is 0 Å². The van der Waals surface area contributed by atoms with E-state index in [9.17, 15) is 9.59 Å². The standard InChI is InChI=1S/C23H29N3O4/c1-24(16-18-6-2-3-8-20(18)25-11-14-29-15-12-25)22(27)19-7-4-10-26(17-19)23(28)21-9-5-13-30-21/h2-3,5-6,8-9,13,19H,4,7,10-12,14-17H2,1H3. The zero-order chi connectivity index (χ0) is 20.9. The average molecular weight is 412 g/mol. The molecule has 1 aromatic heterocycles. The molecule has 2 amide bonds. The molecule has 7 nitrogen and oxygen atoms in total. The van der Waals surface area contributed by atoms with Crippen LogP contribution in [0.15, 0.2) is 47.1 Å². The third-order valence-electron chi connectivity index (χ3n) is 5.92. The molecule has 0 aliphatic carbocycles. The highest BCUT2D eigenvalue weighted by Gasteiger charge is 2.31. The molecule has 0 radical (unpaired) electrons. The van der Waals surface area contributed by atoms with E-state index >= 15 is 0 Å². The number of benzene rings is 1. The Morgan fingerprint density at radius 1 is 1.10 bits per heavy atom. The molecule has 3 heterocycles. The largest absolute Gasteiger partial charge is 0.459 e. The van der Waals surface area contributed by atoms with E-state index < -0.39 is 0 Å². The second-order valence-corrected chi connectivity index (χ2v) is 7.99. The smallest absolute Gasteiger partial charge is 0.289 e. The van der Waals surface area contributed by atoms with Crippen molar-refractivity contribution in [1.82, 2.24) is 9.80 Å². The fourth-order valence-corrected chi connectivity index (χ4v) is 4.32. The molecule has 30 heavy (non-hydrogen) atoms. The van der Waals surface area contributed by atoms with Crippen molar-refractivity contribution in [3.8, 4) is 0 Å². The van der Waals surface area contributed by atoms with E-state index in [1.807, 2.05) is 19.2 Å². The van der Waals surface area contributed by atoms with E-state index in [0.717, 1.165) is 44.7 Å². The van der Waals surface area contributed by atoms with Gasteiger partial charge in [-0.15, -0.1) is 0 Å². The van der Waals surface area contributed by atoms with Crippen molar-refractivity contribution in [2.75, 3.05) is 51.3 Å². The minimum atomic E-state index is -0.182. The number of hydrogen-bond acceptors (Lipinski definition) is 5. The van der Waals surface area contributed by atoms with E-state index in [1.165, 1.54) is 12.0 Å². The van der Waals surface area contributed by atoms with Gasteiger partial charge < -0.3 is 23.9 Å². The number of para-hydroxylation sites is 1. The molecule has 0 saturated carbocycles. The first kappa shape index (κ1) is 20.5. The fraction of sp³-hybridized carbons (Fsp3) is 0.478. The summed E-state index contributed by atoms with van der Waals surface area (Å²) >= 11 is 0. The van der Waals surface area contributed by atoms with Gasteiger partial charge in [0.2, 0.25) is 5.91 Å². The van der Waals surface area contributed by atoms with Gasteiger partial charge in [0.25, 0.3) is 5.91 Å². The Balaban J connectivity index is 1.41. The summed E-state index contributed by atoms with van der Waals surface area (Å²) in [6.07, 6.45) is 3.12. The normalized spacial score (nSPS) is 19.6. The topological polar surface area (TPSA) is 66.2 Å². The molecule has 0 N–H and O–H groups in total. The summed E-state index contributed by atoms with van der Waals surface area (Å²) in [5.74, 6) is 0.0932. The quantitative estimate of drug-likeness (QED) is 0.757. The van der Waals surface area contributed by atoms with Gasteiger partial charge in [0, 0.05) is 45.5 Å². The summed E-state index contributed by atoms with van der Waals surface area (Å²) in [6.45, 7) is 4.83. The number of likely N-dealkylation sites (tertiary alicyclic amines) is 1. The van der Waals surface area contributed by atoms with Gasteiger partial charge in [-0.25, -0.2) is 0 Å². The van der Waals surface area contributed by atoms with Gasteiger partial charge in [0.15, 0.2) is 5.76 Å². The van der Waals surface area contributed by atoms with Crippen LogP contribution in [-0.2, 0) is 16.1 Å². The van der Waals surface area contributed by atoms with Crippen molar-refractivity contribution < 1.29 is 18.7 Å². The van der Waals surface area contributed by atoms with Crippen LogP contribution in [0.2, 0.25) is 0 Å². The van der Waals surface area contributed by atoms with Crippen LogP contribution in [0.5, 0.6) is 0 Å². The second-order valence-electron chi connectivity index (χ2n) is 7.99. The van der Waals surface area contributed by atoms with Crippen molar-refractivity contribution in [3.63, 3.8) is 0 Å². The Kier molecular flexibility index (Phi) is 6.38. The lowest BCUT2D eigenvalue weighted by atomic mass is 9.96. The van der Waals surface area contributed by atoms with Crippen molar-refractivity contribution in [3.05, 3.63) is 54.0 Å². The van der Waals surface area contributed by atoms with E-state index in [2.05, 4.69) is 17.0 Å². The molecule has 2 aromatic rings. The lowest BCUT2D eigenvalue weighted by molar-refractivity contribution is -0.136. The van der Waals surface area contributed by atoms with E-state index in [0.29, 0.717) is 25.4 Å². The van der Waals surface area contributed by atoms with Crippen LogP contribution in [0.1, 0.15) is 29.0 Å². The zero-order valence-corrected chi connectivity index (χ0v) is 17.5. The van der Waals surface area contributed by atoms with Gasteiger partial charge >= 0.3 is 0 Å². The highest BCUT2D eigenvalue weighted by Crippen LogP contribution is 2.25. The van der Waals surface area contributed by atoms with E-state index in [-0.39, 0.29) is 17.7 Å². The summed E-state index contributed by atoms with van der Waals surface area (Å²) in [7, 11) is 1.85. The number of carbonyl (C=O) groups excluding carboxylic acids is 2. The molecule has 1 atom stereocenters. The molecule has 2 fully saturated rings. The maximum Gasteiger partial charge on any atom is 0.289 e. The second kappa shape index (κ2) is 9.34. The molecule has 2 aliphatic rings. The number of rotatable bonds is 5. The molecular formula is C23H29N3O4. The van der Waals surface area contributed by atoms with Crippen molar-refractivity contribution in [2.45, 2.75) is 19.4 Å². The number of nitrogens with zero attached hydrogens (tertiary/aromatic N) is 3. The first-order chi connectivity index (χ1) is 14.6. The number of amides is 2. The minimum absolute atomic E-state index is 0.0868. The van der Waals surface area contributed by atoms with Crippen LogP contribution in [-0.4, -0.2) is 68.1 Å². The number of morpholine rings is 1. The monoisotopic (exact) mass is 411 g/mol. The van der Waals surface area contributed by atoms with E-state index in [4.69, 9.17) is 9.15 Å². The van der Waals surface area contributed by atoms with Crippen LogP contribution in [0, 0.1) is 5.92 Å². The Morgan fingerprint density at radius 2 is 1.90 bits per heavy atom. The van der Waals surface area contributed by atoms with Crippen molar-refractivity contribution >= 4 is 17.5 Å². The van der Waals surface area contributed by atoms with Gasteiger partial charge in [-0.05, 0) is 36.6 Å². The first-order valence-corrected chi connectivity index (χ1v) is 10.6. The summed E-state index contributed by atoms with van der Waals surface area (Å²) in [6, 6.07) is 11.6. The molecule has 1 aromatic carbocycles. The number of furan rings is 1. The highest BCUT2D eigenvalue weighted by atomic mass is 16.5. The Bertz CT molecular complexity index is 861. The Morgan fingerprint density at radius 3 is 2.67 bits per heavy atom. The number of hydrogen-bond donors (Lipinski definition) is 0. The third kappa shape index (κ3) is 4.51. The van der Waals surface area contributed by atoms with Crippen LogP contribution >= 0.6 is 0 Å². The van der Waals surface area contributed by atoms with Crippen LogP contribution in [0.3, 0.4) is 0 Å². The Labute approximate surface area is 177 Å². The van der Waals surface area contributed by atoms with Crippen molar-refractivity contribution in [2.24, 2.45) is 5.92 Å². The molecule has 4 rings (SSSR count). The van der Waals surface area contributed by atoms with Gasteiger partial charge in [0.05, 0.1) is 25.4 Å². The summed E-state index contributed by atoms with van der Waals surface area (Å²) < 4.78 is 10.7. The molecule has 1 unspecified atom stereocenters. The minimum Gasteiger partial charge on any atom is -0.459 e. The maximum atomic E-state index is 13.2. The first-order valence-electron chi connectivity index (χ1n) is 10.6. The fourth-order valence-electron chi connectivity index (χ4n) is 4.32. The third-order valence-corrected chi connectivity index (χ3v) is 5.92. The lowest BCUT2D eigenvalue weighted by Gasteiger charge is -2.34. The highest BCUT2D eigenvalue weighted by molar-refractivity contribution is 5.92. The number of piperidine rings is 1. The molecule has 7 heteroatoms. The molecule has 160 valence electrons. The van der Waals surface area contributed by atoms with Crippen molar-refractivity contribution in [1.29, 1.82) is 0 Å². The summed E-state index contributed by atoms with van der Waals surface area (Å²) in [5, 5.41) is 0. The van der Waals surface area contributed by atoms with Gasteiger partial charge in [-0.2, -0.15) is 0 Å². The lowest BCUT2D eigenvalue weighted by Crippen LogP contribution is -2.45. The Hall–Kier alpha value is -2.80. The van der Waals surface area contributed by atoms with Crippen LogP contribution in [0.25, 0.3) is 0 Å². The molecule has 0 spiro atoms. The molecule has 2 saturated heterocycles. The van der Waals surface area contributed by atoms with E-state index in [1.54, 1.807) is 21.9 Å². The van der Waals surface area contributed by atoms with Crippen LogP contribution < -0.4 is 4.90 Å². The SMILES string of the molecule is CN(Cc1ccccc1N1CCOCC1)C(=O)C1CCCN(C(=O)c2ccco2)C1. The zero-order valence-electron chi connectivity index (χ0n) is 17.5. The number of carbonyl (C=O) groups is 2. The maximum absolute atomic E-state index is 13.2. The summed E-state index contributed by atoms with van der Waals surface area (Å²) in [4.78, 5) is 31.6. The predicted molar refractivity (Wildman–Crippen MR) is 113 cm³/mol. The molecular weight excluding hydrogens is 382 g/mol. The van der Waals surface area contributed by atoms with Crippen LogP contribution in [0.4, 0.5) is 5.69 Å². The summed E-state index contributed by atoms with van der Waals surface area (Å²) in [5.41, 5.74) is 2.30. The molecule has 2 aliphatic heterocycles. The number of anilines is 1. The van der Waals surface area contributed by atoms with Gasteiger partial charge in [-0.3, -0.25) is 9.59 Å². The molecule has 0 bridgehead atoms. The van der Waals surface area contributed by atoms with Gasteiger partial charge in [-0.1, -0.05) is 18.2 Å². The average Bonchev–Trinajstić information content (AvgIpc) is 3.34.